The lowest BCUT2D eigenvalue weighted by atomic mass is 10.0. The van der Waals surface area contributed by atoms with Crippen molar-refractivity contribution in [3.05, 3.63) is 35.6 Å². The normalized spacial score (nSPS) is 24.4. The second-order valence-corrected chi connectivity index (χ2v) is 6.90. The van der Waals surface area contributed by atoms with Crippen LogP contribution >= 0.6 is 0 Å². The van der Waals surface area contributed by atoms with E-state index < -0.39 is 0 Å². The van der Waals surface area contributed by atoms with Crippen LogP contribution < -0.4 is 10.1 Å². The van der Waals surface area contributed by atoms with Crippen LogP contribution in [0.2, 0.25) is 0 Å². The predicted molar refractivity (Wildman–Crippen MR) is 92.5 cm³/mol. The Morgan fingerprint density at radius 3 is 3.00 bits per heavy atom. The Bertz CT molecular complexity index is 690. The van der Waals surface area contributed by atoms with E-state index in [9.17, 15) is 5.11 Å². The molecule has 4 atom stereocenters. The van der Waals surface area contributed by atoms with Crippen molar-refractivity contribution in [2.75, 3.05) is 13.7 Å². The lowest BCUT2D eigenvalue weighted by molar-refractivity contribution is 0.129. The highest BCUT2D eigenvalue weighted by Crippen LogP contribution is 2.37. The van der Waals surface area contributed by atoms with Gasteiger partial charge in [0.25, 0.3) is 0 Å². The van der Waals surface area contributed by atoms with Crippen LogP contribution in [0.15, 0.2) is 22.9 Å². The number of nitrogens with zero attached hydrogens (tertiary/aromatic N) is 3. The summed E-state index contributed by atoms with van der Waals surface area (Å²) in [5.74, 6) is 2.28. The van der Waals surface area contributed by atoms with Gasteiger partial charge in [0.05, 0.1) is 13.2 Å². The molecule has 0 bridgehead atoms. The van der Waals surface area contributed by atoms with Crippen molar-refractivity contribution in [3.63, 3.8) is 0 Å². The minimum Gasteiger partial charge on any atom is -0.481 e. The lowest BCUT2D eigenvalue weighted by Crippen LogP contribution is -2.35. The summed E-state index contributed by atoms with van der Waals surface area (Å²) in [7, 11) is 1.62. The molecule has 3 rings (SSSR count). The van der Waals surface area contributed by atoms with Crippen molar-refractivity contribution in [2.24, 2.45) is 5.92 Å². The van der Waals surface area contributed by atoms with Crippen LogP contribution in [0.3, 0.4) is 0 Å². The largest absolute Gasteiger partial charge is 0.481 e. The molecule has 136 valence electrons. The van der Waals surface area contributed by atoms with Crippen molar-refractivity contribution >= 4 is 0 Å². The molecule has 1 aliphatic carbocycles. The molecule has 0 radical (unpaired) electrons. The van der Waals surface area contributed by atoms with E-state index in [-0.39, 0.29) is 17.9 Å². The first-order valence-electron chi connectivity index (χ1n) is 8.75. The first kappa shape index (κ1) is 17.8. The summed E-state index contributed by atoms with van der Waals surface area (Å²) in [6.45, 7) is 4.73. The van der Waals surface area contributed by atoms with Crippen molar-refractivity contribution in [3.8, 4) is 5.88 Å². The number of hydrogen-bond acceptors (Lipinski definition) is 7. The van der Waals surface area contributed by atoms with Crippen LogP contribution in [0.5, 0.6) is 5.88 Å². The second-order valence-electron chi connectivity index (χ2n) is 6.90. The van der Waals surface area contributed by atoms with E-state index >= 15 is 0 Å². The molecule has 1 unspecified atom stereocenters. The SMILES string of the molecule is COc1cc(CC(C)NC[C@H]2C[C@H](c3nc(C)no3)C[C@H]2O)ccn1. The molecule has 2 N–H and O–H groups in total. The molecular weight excluding hydrogens is 320 g/mol. The van der Waals surface area contributed by atoms with Gasteiger partial charge in [-0.1, -0.05) is 5.16 Å². The fourth-order valence-corrected chi connectivity index (χ4v) is 3.47. The number of hydrogen-bond donors (Lipinski definition) is 2. The highest BCUT2D eigenvalue weighted by Gasteiger charge is 2.36. The monoisotopic (exact) mass is 346 g/mol. The molecule has 7 nitrogen and oxygen atoms in total. The molecule has 1 aliphatic rings. The Hall–Kier alpha value is -1.99. The summed E-state index contributed by atoms with van der Waals surface area (Å²) in [5.41, 5.74) is 1.18. The van der Waals surface area contributed by atoms with Gasteiger partial charge in [-0.05, 0) is 50.7 Å². The summed E-state index contributed by atoms with van der Waals surface area (Å²) in [6.07, 6.45) is 3.86. The average molecular weight is 346 g/mol. The Morgan fingerprint density at radius 1 is 1.44 bits per heavy atom. The molecular formula is C18H26N4O3. The molecule has 2 heterocycles. The number of rotatable bonds is 7. The van der Waals surface area contributed by atoms with Gasteiger partial charge >= 0.3 is 0 Å². The Kier molecular flexibility index (Phi) is 5.65. The van der Waals surface area contributed by atoms with E-state index in [1.165, 1.54) is 5.56 Å². The molecule has 0 aromatic carbocycles. The first-order valence-corrected chi connectivity index (χ1v) is 8.75. The van der Waals surface area contributed by atoms with Crippen molar-refractivity contribution in [1.82, 2.24) is 20.4 Å². The maximum Gasteiger partial charge on any atom is 0.229 e. The molecule has 25 heavy (non-hydrogen) atoms. The van der Waals surface area contributed by atoms with Gasteiger partial charge in [-0.15, -0.1) is 0 Å². The zero-order valence-electron chi connectivity index (χ0n) is 15.0. The minimum absolute atomic E-state index is 0.155. The molecule has 1 saturated carbocycles. The highest BCUT2D eigenvalue weighted by atomic mass is 16.5. The van der Waals surface area contributed by atoms with E-state index in [4.69, 9.17) is 9.26 Å². The summed E-state index contributed by atoms with van der Waals surface area (Å²) in [6, 6.07) is 4.25. The molecule has 0 aliphatic heterocycles. The zero-order chi connectivity index (χ0) is 17.8. The van der Waals surface area contributed by atoms with Crippen LogP contribution in [-0.4, -0.2) is 46.0 Å². The third-order valence-corrected chi connectivity index (χ3v) is 4.83. The van der Waals surface area contributed by atoms with Crippen LogP contribution in [-0.2, 0) is 6.42 Å². The standard InChI is InChI=1S/C18H26N4O3/c1-11(6-13-4-5-19-17(7-13)24-3)20-10-15-8-14(9-16(15)23)18-21-12(2)22-25-18/h4-5,7,11,14-16,20,23H,6,8-10H2,1-3H3/t11?,14-,15+,16+/m0/s1. The van der Waals surface area contributed by atoms with Crippen molar-refractivity contribution in [1.29, 1.82) is 0 Å². The maximum atomic E-state index is 10.3. The fraction of sp³-hybridized carbons (Fsp3) is 0.611. The van der Waals surface area contributed by atoms with Gasteiger partial charge in [0, 0.05) is 30.8 Å². The molecule has 0 amide bonds. The van der Waals surface area contributed by atoms with E-state index in [0.717, 1.165) is 19.4 Å². The number of nitrogens with one attached hydrogen (secondary N) is 1. The third-order valence-electron chi connectivity index (χ3n) is 4.83. The lowest BCUT2D eigenvalue weighted by Gasteiger charge is -2.19. The topological polar surface area (TPSA) is 93.3 Å². The Morgan fingerprint density at radius 2 is 2.28 bits per heavy atom. The summed E-state index contributed by atoms with van der Waals surface area (Å²) >= 11 is 0. The number of aryl methyl sites for hydroxylation is 1. The highest BCUT2D eigenvalue weighted by molar-refractivity contribution is 5.21. The molecule has 2 aromatic heterocycles. The van der Waals surface area contributed by atoms with E-state index in [1.54, 1.807) is 13.3 Å². The van der Waals surface area contributed by atoms with E-state index in [2.05, 4.69) is 27.4 Å². The second kappa shape index (κ2) is 7.93. The van der Waals surface area contributed by atoms with E-state index in [0.29, 0.717) is 30.1 Å². The average Bonchev–Trinajstić information content (AvgIpc) is 3.19. The van der Waals surface area contributed by atoms with Gasteiger partial charge in [-0.3, -0.25) is 0 Å². The molecule has 0 saturated heterocycles. The summed E-state index contributed by atoms with van der Waals surface area (Å²) in [4.78, 5) is 8.43. The number of pyridine rings is 1. The quantitative estimate of drug-likeness (QED) is 0.790. The molecule has 0 spiro atoms. The number of aliphatic hydroxyl groups excluding tert-OH is 1. The van der Waals surface area contributed by atoms with Crippen molar-refractivity contribution in [2.45, 2.75) is 51.2 Å². The number of methoxy groups -OCH3 is 1. The predicted octanol–water partition coefficient (Wildman–Crippen LogP) is 1.86. The summed E-state index contributed by atoms with van der Waals surface area (Å²) < 4.78 is 10.4. The minimum atomic E-state index is -0.335. The van der Waals surface area contributed by atoms with Gasteiger partial charge < -0.3 is 19.7 Å². The van der Waals surface area contributed by atoms with Crippen molar-refractivity contribution < 1.29 is 14.4 Å². The molecule has 7 heteroatoms. The number of aromatic nitrogens is 3. The van der Waals surface area contributed by atoms with Gasteiger partial charge in [-0.2, -0.15) is 4.98 Å². The molecule has 1 fully saturated rings. The Labute approximate surface area is 147 Å². The van der Waals surface area contributed by atoms with Gasteiger partial charge in [0.15, 0.2) is 5.82 Å². The van der Waals surface area contributed by atoms with Crippen LogP contribution in [0.4, 0.5) is 0 Å². The third kappa shape index (κ3) is 4.55. The smallest absolute Gasteiger partial charge is 0.229 e. The van der Waals surface area contributed by atoms with Gasteiger partial charge in [-0.25, -0.2) is 4.98 Å². The van der Waals surface area contributed by atoms with E-state index in [1.807, 2.05) is 19.1 Å². The zero-order valence-corrected chi connectivity index (χ0v) is 15.0. The maximum absolute atomic E-state index is 10.3. The fourth-order valence-electron chi connectivity index (χ4n) is 3.47. The summed E-state index contributed by atoms with van der Waals surface area (Å²) in [5, 5.41) is 17.7. The van der Waals surface area contributed by atoms with Gasteiger partial charge in [0.1, 0.15) is 0 Å². The first-order chi connectivity index (χ1) is 12.0. The van der Waals surface area contributed by atoms with Gasteiger partial charge in [0.2, 0.25) is 11.8 Å². The van der Waals surface area contributed by atoms with Crippen LogP contribution in [0.25, 0.3) is 0 Å². The Balaban J connectivity index is 1.49. The number of ether oxygens (including phenoxy) is 1. The van der Waals surface area contributed by atoms with Crippen LogP contribution in [0, 0.1) is 12.8 Å². The van der Waals surface area contributed by atoms with Crippen LogP contribution in [0.1, 0.15) is 43.0 Å². The number of aliphatic hydroxyl groups is 1. The molecule has 2 aromatic rings.